The van der Waals surface area contributed by atoms with E-state index in [4.69, 9.17) is 9.29 Å². The highest BCUT2D eigenvalue weighted by Crippen LogP contribution is 2.39. The van der Waals surface area contributed by atoms with Crippen molar-refractivity contribution in [2.24, 2.45) is 0 Å². The van der Waals surface area contributed by atoms with E-state index in [1.165, 1.54) is 40.2 Å². The van der Waals surface area contributed by atoms with Gasteiger partial charge in [0.25, 0.3) is 10.1 Å². The van der Waals surface area contributed by atoms with Gasteiger partial charge in [-0.25, -0.2) is 4.79 Å². The topological polar surface area (TPSA) is 92.7 Å². The van der Waals surface area contributed by atoms with Crippen molar-refractivity contribution in [2.45, 2.75) is 19.4 Å². The molecule has 0 saturated heterocycles. The number of fused-ring (bicyclic) bond motifs is 4. The van der Waals surface area contributed by atoms with Crippen molar-refractivity contribution in [2.75, 3.05) is 24.3 Å². The maximum atomic E-state index is 12.1. The number of aryl methyl sites for hydroxylation is 1. The number of pyridine rings is 1. The summed E-state index contributed by atoms with van der Waals surface area (Å²) < 4.78 is 40.7. The summed E-state index contributed by atoms with van der Waals surface area (Å²) in [6.07, 6.45) is 6.72. The molecule has 0 amide bonds. The lowest BCUT2D eigenvalue weighted by Crippen LogP contribution is -2.38. The highest BCUT2D eigenvalue weighted by atomic mass is 32.2. The molecule has 3 heterocycles. The zero-order chi connectivity index (χ0) is 32.5. The fourth-order valence-electron chi connectivity index (χ4n) is 6.52. The average molecular weight is 645 g/mol. The molecule has 1 aliphatic rings. The summed E-state index contributed by atoms with van der Waals surface area (Å²) in [7, 11) is -2.77. The highest BCUT2D eigenvalue weighted by Gasteiger charge is 2.22. The monoisotopic (exact) mass is 644 g/mol. The first-order chi connectivity index (χ1) is 22.8. The van der Waals surface area contributed by atoms with Crippen LogP contribution >= 0.6 is 0 Å². The molecular weight excluding hydrogens is 611 g/mol. The molecule has 8 nitrogen and oxygen atoms in total. The molecule has 0 bridgehead atoms. The quantitative estimate of drug-likeness (QED) is 0.104. The molecule has 7 rings (SSSR count). The van der Waals surface area contributed by atoms with Crippen molar-refractivity contribution >= 4 is 61.4 Å². The van der Waals surface area contributed by atoms with Crippen molar-refractivity contribution in [1.29, 1.82) is 0 Å². The van der Waals surface area contributed by atoms with E-state index >= 15 is 0 Å². The smallest absolute Gasteiger partial charge is 0.343 e. The molecule has 1 N–H and O–H groups in total. The number of carbonyl (C=O) groups is 1. The standard InChI is InChI=1S/C38H33N3O5S/c1-46-38(42)29-14-16-30(39(26-29)21-7-23-47(43,44)45)15-12-27-13-18-35-28(24-27)20-22-40(35)32-17-19-37-34(25-32)33-10-5-6-11-36(33)41(37)31-8-3-2-4-9-31/h2-6,8-19,24-26H,7,20-23H2,1H3/p+1. The Hall–Kier alpha value is -5.25. The second-order valence-electron chi connectivity index (χ2n) is 11.7. The van der Waals surface area contributed by atoms with E-state index in [-0.39, 0.29) is 12.2 Å². The van der Waals surface area contributed by atoms with Crippen LogP contribution in [0, 0.1) is 0 Å². The van der Waals surface area contributed by atoms with Gasteiger partial charge in [0.15, 0.2) is 6.20 Å². The van der Waals surface area contributed by atoms with Crippen molar-refractivity contribution in [3.63, 3.8) is 0 Å². The molecule has 0 aliphatic carbocycles. The number of esters is 1. The number of benzene rings is 4. The predicted molar refractivity (Wildman–Crippen MR) is 186 cm³/mol. The maximum Gasteiger partial charge on any atom is 0.343 e. The number of para-hydroxylation sites is 2. The Balaban J connectivity index is 1.17. The zero-order valence-corrected chi connectivity index (χ0v) is 26.7. The summed E-state index contributed by atoms with van der Waals surface area (Å²) in [5.74, 6) is -0.845. The number of ether oxygens (including phenoxy) is 1. The summed E-state index contributed by atoms with van der Waals surface area (Å²) >= 11 is 0. The number of rotatable bonds is 9. The lowest BCUT2D eigenvalue weighted by atomic mass is 10.1. The average Bonchev–Trinajstić information content (AvgIpc) is 3.65. The van der Waals surface area contributed by atoms with Crippen LogP contribution in [0.4, 0.5) is 11.4 Å². The van der Waals surface area contributed by atoms with Gasteiger partial charge >= 0.3 is 5.97 Å². The van der Waals surface area contributed by atoms with Gasteiger partial charge in [-0.15, -0.1) is 0 Å². The minimum atomic E-state index is -4.08. The third-order valence-electron chi connectivity index (χ3n) is 8.71. The van der Waals surface area contributed by atoms with Crippen LogP contribution in [0.2, 0.25) is 0 Å². The first-order valence-corrected chi connectivity index (χ1v) is 17.1. The van der Waals surface area contributed by atoms with Gasteiger partial charge in [0.05, 0.1) is 23.9 Å². The van der Waals surface area contributed by atoms with Gasteiger partial charge in [0.1, 0.15) is 12.1 Å². The van der Waals surface area contributed by atoms with E-state index < -0.39 is 16.1 Å². The van der Waals surface area contributed by atoms with E-state index in [0.717, 1.165) is 35.6 Å². The summed E-state index contributed by atoms with van der Waals surface area (Å²) in [4.78, 5) is 14.5. The molecule has 6 aromatic rings. The number of carbonyl (C=O) groups excluding carboxylic acids is 1. The van der Waals surface area contributed by atoms with Crippen LogP contribution in [0.25, 0.3) is 39.6 Å². The van der Waals surface area contributed by atoms with Crippen LogP contribution in [0.15, 0.2) is 109 Å². The van der Waals surface area contributed by atoms with Crippen molar-refractivity contribution in [3.8, 4) is 5.69 Å². The Morgan fingerprint density at radius 3 is 2.47 bits per heavy atom. The zero-order valence-electron chi connectivity index (χ0n) is 25.9. The largest absolute Gasteiger partial charge is 0.465 e. The minimum absolute atomic E-state index is 0.197. The van der Waals surface area contributed by atoms with Gasteiger partial charge in [-0.3, -0.25) is 4.55 Å². The molecule has 2 aromatic heterocycles. The molecule has 0 radical (unpaired) electrons. The van der Waals surface area contributed by atoms with E-state index in [1.54, 1.807) is 22.9 Å². The van der Waals surface area contributed by atoms with Gasteiger partial charge < -0.3 is 14.2 Å². The van der Waals surface area contributed by atoms with Crippen molar-refractivity contribution in [3.05, 3.63) is 132 Å². The van der Waals surface area contributed by atoms with Crippen LogP contribution in [-0.2, 0) is 27.8 Å². The van der Waals surface area contributed by atoms with Gasteiger partial charge in [-0.2, -0.15) is 13.0 Å². The van der Waals surface area contributed by atoms with E-state index in [1.807, 2.05) is 18.2 Å². The van der Waals surface area contributed by atoms with Crippen LogP contribution in [0.1, 0.15) is 33.6 Å². The van der Waals surface area contributed by atoms with E-state index in [2.05, 4.69) is 94.4 Å². The SMILES string of the molecule is COC(=O)c1ccc(/C=C/c2ccc3c(c2)CCN3c2ccc3c(c2)c2ccccc2n3-c2ccccc2)[n+](CCCS(=O)(=O)O)c1. The third kappa shape index (κ3) is 6.15. The van der Waals surface area contributed by atoms with Gasteiger partial charge in [-0.05, 0) is 78.2 Å². The van der Waals surface area contributed by atoms with Crippen LogP contribution in [-0.4, -0.2) is 42.9 Å². The molecule has 0 atom stereocenters. The predicted octanol–water partition coefficient (Wildman–Crippen LogP) is 7.00. The number of anilines is 2. The Morgan fingerprint density at radius 1 is 0.872 bits per heavy atom. The molecular formula is C38H34N3O5S+. The fraction of sp³-hybridized carbons (Fsp3) is 0.158. The number of methoxy groups -OCH3 is 1. The number of hydrogen-bond acceptors (Lipinski definition) is 5. The van der Waals surface area contributed by atoms with Gasteiger partial charge in [0.2, 0.25) is 5.69 Å². The Kier molecular flexibility index (Phi) is 8.09. The molecule has 0 unspecified atom stereocenters. The second kappa shape index (κ2) is 12.5. The molecule has 0 saturated carbocycles. The third-order valence-corrected chi connectivity index (χ3v) is 9.52. The highest BCUT2D eigenvalue weighted by molar-refractivity contribution is 7.85. The van der Waals surface area contributed by atoms with Crippen molar-refractivity contribution < 1.29 is 27.1 Å². The summed E-state index contributed by atoms with van der Waals surface area (Å²) in [5.41, 5.74) is 9.30. The molecule has 0 spiro atoms. The Labute approximate surface area is 273 Å². The lowest BCUT2D eigenvalue weighted by Gasteiger charge is -2.20. The molecule has 9 heteroatoms. The molecule has 47 heavy (non-hydrogen) atoms. The molecule has 1 aliphatic heterocycles. The summed E-state index contributed by atoms with van der Waals surface area (Å²) in [6.45, 7) is 1.19. The summed E-state index contributed by atoms with van der Waals surface area (Å²) in [5, 5.41) is 2.45. The van der Waals surface area contributed by atoms with E-state index in [9.17, 15) is 13.2 Å². The van der Waals surface area contributed by atoms with Crippen molar-refractivity contribution in [1.82, 2.24) is 4.57 Å². The van der Waals surface area contributed by atoms with Crippen LogP contribution < -0.4 is 9.47 Å². The first kappa shape index (κ1) is 30.4. The first-order valence-electron chi connectivity index (χ1n) is 15.5. The number of nitrogens with zero attached hydrogens (tertiary/aromatic N) is 3. The second-order valence-corrected chi connectivity index (χ2v) is 13.3. The lowest BCUT2D eigenvalue weighted by molar-refractivity contribution is -0.698. The Morgan fingerprint density at radius 2 is 1.66 bits per heavy atom. The molecule has 4 aromatic carbocycles. The number of hydrogen-bond donors (Lipinski definition) is 1. The minimum Gasteiger partial charge on any atom is -0.465 e. The van der Waals surface area contributed by atoms with Crippen LogP contribution in [0.5, 0.6) is 0 Å². The number of aromatic nitrogens is 2. The molecule has 0 fully saturated rings. The molecule has 236 valence electrons. The fourth-order valence-corrected chi connectivity index (χ4v) is 7.01. The normalized spacial score (nSPS) is 13.1. The maximum absolute atomic E-state index is 12.1. The Bertz CT molecular complexity index is 2280. The van der Waals surface area contributed by atoms with E-state index in [0.29, 0.717) is 12.1 Å². The van der Waals surface area contributed by atoms with Gasteiger partial charge in [0, 0.05) is 52.9 Å². The van der Waals surface area contributed by atoms with Crippen LogP contribution in [0.3, 0.4) is 0 Å². The van der Waals surface area contributed by atoms with Gasteiger partial charge in [-0.1, -0.05) is 42.5 Å². The summed E-state index contributed by atoms with van der Waals surface area (Å²) in [6, 6.07) is 35.7.